The van der Waals surface area contributed by atoms with E-state index in [9.17, 15) is 15.0 Å². The number of nitrogens with zero attached hydrogens (tertiary/aromatic N) is 9. The van der Waals surface area contributed by atoms with E-state index in [4.69, 9.17) is 27.3 Å². The fraction of sp³-hybridized carbons (Fsp3) is 0.574. The number of ketones is 1. The third-order valence-electron chi connectivity index (χ3n) is 16.6. The van der Waals surface area contributed by atoms with Gasteiger partial charge >= 0.3 is 0 Å². The van der Waals surface area contributed by atoms with Crippen LogP contribution in [0.1, 0.15) is 122 Å². The number of benzene rings is 3. The second kappa shape index (κ2) is 27.8. The van der Waals surface area contributed by atoms with E-state index >= 15 is 0 Å². The predicted molar refractivity (Wildman–Crippen MR) is 323 cm³/mol. The van der Waals surface area contributed by atoms with Crippen LogP contribution < -0.4 is 25.8 Å². The molecule has 14 nitrogen and oxygen atoms in total. The van der Waals surface area contributed by atoms with Gasteiger partial charge in [-0.15, -0.1) is 0 Å². The van der Waals surface area contributed by atoms with Crippen molar-refractivity contribution in [2.75, 3.05) is 113 Å². The van der Waals surface area contributed by atoms with E-state index in [0.29, 0.717) is 16.8 Å². The zero-order valence-corrected chi connectivity index (χ0v) is 49.4. The number of piperidine rings is 3. The number of amidine groups is 1. The summed E-state index contributed by atoms with van der Waals surface area (Å²) in [6.07, 6.45) is 11.3. The van der Waals surface area contributed by atoms with Gasteiger partial charge in [0.15, 0.2) is 17.4 Å². The highest BCUT2D eigenvalue weighted by atomic mass is 35.5. The van der Waals surface area contributed by atoms with Gasteiger partial charge in [-0.1, -0.05) is 95.6 Å². The highest BCUT2D eigenvalue weighted by Crippen LogP contribution is 2.42. The number of phenolic OH excluding ortho intramolecular Hbond substituents is 2. The van der Waals surface area contributed by atoms with Crippen molar-refractivity contribution < 1.29 is 15.0 Å². The number of nitrogens with two attached hydrogens (primary N) is 1. The largest absolute Gasteiger partial charge is 0.508 e. The molecule has 4 aliphatic heterocycles. The first-order valence-corrected chi connectivity index (χ1v) is 29.7. The molecule has 5 heterocycles. The van der Waals surface area contributed by atoms with E-state index in [1.807, 2.05) is 39.2 Å². The summed E-state index contributed by atoms with van der Waals surface area (Å²) >= 11 is 8.72. The lowest BCUT2D eigenvalue weighted by atomic mass is 9.91. The number of piperazine rings is 1. The molecule has 420 valence electrons. The van der Waals surface area contributed by atoms with Crippen LogP contribution in [0, 0.1) is 17.8 Å². The molecule has 8 rings (SSSR count). The lowest BCUT2D eigenvalue weighted by Gasteiger charge is -2.41. The number of aliphatic imine (C=N–C) groups is 1. The number of Topliss-reactive ketones (excluding diaryl/α,β-unsaturated/α-hetero) is 1. The number of halogens is 1. The molecule has 16 heteroatoms. The van der Waals surface area contributed by atoms with Crippen LogP contribution in [0.25, 0.3) is 5.70 Å². The number of carbonyl (C=O) groups is 1. The van der Waals surface area contributed by atoms with Crippen molar-refractivity contribution in [3.05, 3.63) is 89.1 Å². The van der Waals surface area contributed by atoms with Crippen molar-refractivity contribution in [3.8, 4) is 11.5 Å². The molecular weight excluding hydrogens is 1000 g/mol. The maximum absolute atomic E-state index is 12.8. The Labute approximate surface area is 470 Å². The number of rotatable bonds is 18. The summed E-state index contributed by atoms with van der Waals surface area (Å²) in [7, 11) is 3.48. The van der Waals surface area contributed by atoms with Crippen molar-refractivity contribution in [3.63, 3.8) is 0 Å². The molecule has 4 aliphatic rings. The van der Waals surface area contributed by atoms with E-state index in [1.54, 1.807) is 29.8 Å². The molecule has 0 amide bonds. The Kier molecular flexibility index (Phi) is 21.6. The van der Waals surface area contributed by atoms with Gasteiger partial charge in [-0.05, 0) is 137 Å². The van der Waals surface area contributed by atoms with Gasteiger partial charge in [0.1, 0.15) is 22.3 Å². The lowest BCUT2D eigenvalue weighted by Crippen LogP contribution is -2.49. The Morgan fingerprint density at radius 2 is 1.47 bits per heavy atom. The molecule has 1 aromatic heterocycles. The van der Waals surface area contributed by atoms with Crippen LogP contribution in [0.3, 0.4) is 0 Å². The molecule has 0 radical (unpaired) electrons. The van der Waals surface area contributed by atoms with Crippen molar-refractivity contribution in [1.82, 2.24) is 24.7 Å². The van der Waals surface area contributed by atoms with Crippen LogP contribution in [0.15, 0.2) is 82.3 Å². The summed E-state index contributed by atoms with van der Waals surface area (Å²) in [4.78, 5) is 42.3. The van der Waals surface area contributed by atoms with Crippen LogP contribution in [0.2, 0.25) is 5.02 Å². The van der Waals surface area contributed by atoms with Crippen molar-refractivity contribution in [2.45, 2.75) is 128 Å². The highest BCUT2D eigenvalue weighted by Gasteiger charge is 2.30. The Morgan fingerprint density at radius 3 is 2.01 bits per heavy atom. The van der Waals surface area contributed by atoms with Crippen LogP contribution in [0.5, 0.6) is 11.5 Å². The second-order valence-electron chi connectivity index (χ2n) is 22.8. The molecule has 0 unspecified atom stereocenters. The predicted octanol–water partition coefficient (Wildman–Crippen LogP) is 11.5. The minimum Gasteiger partial charge on any atom is -0.508 e. The van der Waals surface area contributed by atoms with Gasteiger partial charge in [0.2, 0.25) is 0 Å². The van der Waals surface area contributed by atoms with E-state index in [0.717, 1.165) is 127 Å². The first kappa shape index (κ1) is 59.8. The summed E-state index contributed by atoms with van der Waals surface area (Å²) in [5.74, 6) is 3.97. The molecule has 0 bridgehead atoms. The standard InChI is InChI=1S/C55H76ClN11O3S.C6H14/c1-37(2)44-31-45(48(70)32-47(44)69)38(3)67(53(59-7)39(4)68)43-13-11-40(12-14-43)34-62-21-15-41(16-22-62)35-63-23-17-42(18-24-63)36-64-27-29-65(30-28-64)46-9-8-10-49(51(46)56)71-54-52(58-6)61-50(33-60-54)66-25-19-55(5,57)20-26-66;1-4-6(3)5-2/h8-14,31-33,37,41-42,69-70H,3,15-30,34-36,57H2,1-2,4-7H3,(H,58,61);6H,4-5H2,1-3H3. The minimum absolute atomic E-state index is 0.0215. The number of phenols is 2. The van der Waals surface area contributed by atoms with E-state index in [1.165, 1.54) is 83.3 Å². The number of aromatic hydroxyl groups is 2. The maximum Gasteiger partial charge on any atom is 0.195 e. The summed E-state index contributed by atoms with van der Waals surface area (Å²) < 4.78 is 0. The molecule has 3 aromatic carbocycles. The molecule has 77 heavy (non-hydrogen) atoms. The van der Waals surface area contributed by atoms with E-state index in [2.05, 4.69) is 99.4 Å². The average molecular weight is 1090 g/mol. The summed E-state index contributed by atoms with van der Waals surface area (Å²) in [6.45, 7) is 32.1. The number of carbonyl (C=O) groups excluding carboxylic acids is 1. The van der Waals surface area contributed by atoms with Crippen LogP contribution in [-0.2, 0) is 11.3 Å². The van der Waals surface area contributed by atoms with Crippen molar-refractivity contribution >= 4 is 63.7 Å². The van der Waals surface area contributed by atoms with Gasteiger partial charge in [-0.2, -0.15) is 0 Å². The zero-order chi connectivity index (χ0) is 55.4. The van der Waals surface area contributed by atoms with Gasteiger partial charge < -0.3 is 36.0 Å². The van der Waals surface area contributed by atoms with Crippen molar-refractivity contribution in [2.24, 2.45) is 28.5 Å². The number of anilines is 4. The van der Waals surface area contributed by atoms with E-state index < -0.39 is 0 Å². The molecule has 0 atom stereocenters. The minimum atomic E-state index is -0.217. The summed E-state index contributed by atoms with van der Waals surface area (Å²) in [6, 6.07) is 17.6. The molecule has 4 fully saturated rings. The number of nitrogens with one attached hydrogen (secondary N) is 1. The number of likely N-dealkylation sites (tertiary alicyclic amines) is 2. The first-order chi connectivity index (χ1) is 36.9. The quantitative estimate of drug-likeness (QED) is 0.0552. The first-order valence-electron chi connectivity index (χ1n) is 28.5. The molecule has 4 saturated heterocycles. The van der Waals surface area contributed by atoms with Gasteiger partial charge in [-0.3, -0.25) is 24.5 Å². The Bertz CT molecular complexity index is 2590. The maximum atomic E-state index is 12.8. The molecule has 5 N–H and O–H groups in total. The number of hydrogen-bond acceptors (Lipinski definition) is 14. The molecule has 0 spiro atoms. The molecular formula is C61H90ClN11O3S. The highest BCUT2D eigenvalue weighted by molar-refractivity contribution is 7.99. The van der Waals surface area contributed by atoms with Crippen molar-refractivity contribution in [1.29, 1.82) is 0 Å². The van der Waals surface area contributed by atoms with Crippen LogP contribution >= 0.6 is 23.4 Å². The third-order valence-corrected chi connectivity index (χ3v) is 18.1. The van der Waals surface area contributed by atoms with Crippen LogP contribution in [0.4, 0.5) is 23.0 Å². The topological polar surface area (TPSA) is 153 Å². The van der Waals surface area contributed by atoms with Gasteiger partial charge in [0, 0.05) is 108 Å². The average Bonchev–Trinajstić information content (AvgIpc) is 3.43. The normalized spacial score (nSPS) is 18.4. The van der Waals surface area contributed by atoms with Gasteiger partial charge in [-0.25, -0.2) is 9.97 Å². The fourth-order valence-corrected chi connectivity index (χ4v) is 12.3. The second-order valence-corrected chi connectivity index (χ2v) is 24.2. The SMILES string of the molecule is C=C(c1cc(C(C)C)c(O)cc1O)N(C(=NC)C(C)=O)c1ccc(CN2CCC(CN3CCC(CN4CCN(c5cccc(Sc6ncc(N7CCC(C)(N)CC7)nc6NC)c5Cl)CC4)CC3)CC2)cc1.CCC(C)CC. The monoisotopic (exact) mass is 1090 g/mol. The van der Waals surface area contributed by atoms with Gasteiger partial charge in [0.25, 0.3) is 0 Å². The lowest BCUT2D eigenvalue weighted by molar-refractivity contribution is -0.111. The molecule has 4 aromatic rings. The Morgan fingerprint density at radius 1 is 0.870 bits per heavy atom. The summed E-state index contributed by atoms with van der Waals surface area (Å²) in [5, 5.41) is 26.2. The Balaban J connectivity index is 0.00000136. The smallest absolute Gasteiger partial charge is 0.195 e. The molecule has 0 aliphatic carbocycles. The van der Waals surface area contributed by atoms with Crippen LogP contribution in [-0.4, -0.2) is 145 Å². The number of hydrogen-bond donors (Lipinski definition) is 4. The summed E-state index contributed by atoms with van der Waals surface area (Å²) in [5.41, 5.74) is 10.8. The zero-order valence-electron chi connectivity index (χ0n) is 47.8. The van der Waals surface area contributed by atoms with Gasteiger partial charge in [0.05, 0.1) is 22.6 Å². The molecule has 0 saturated carbocycles. The number of aromatic nitrogens is 2. The Hall–Kier alpha value is -4.90. The third kappa shape index (κ3) is 15.9. The fourth-order valence-electron chi connectivity index (χ4n) is 11.0. The van der Waals surface area contributed by atoms with E-state index in [-0.39, 0.29) is 34.6 Å².